The number of anilines is 1. The Labute approximate surface area is 209 Å². The van der Waals surface area contributed by atoms with Gasteiger partial charge < -0.3 is 29.0 Å². The van der Waals surface area contributed by atoms with Crippen LogP contribution < -0.4 is 10.9 Å². The molecule has 0 aromatic carbocycles. The summed E-state index contributed by atoms with van der Waals surface area (Å²) in [6.07, 6.45) is -4.85. The smallest absolute Gasteiger partial charge is 0.303 e. The van der Waals surface area contributed by atoms with Gasteiger partial charge in [-0.15, -0.1) is 0 Å². The van der Waals surface area contributed by atoms with Crippen LogP contribution in [-0.2, 0) is 49.9 Å². The highest BCUT2D eigenvalue weighted by Crippen LogP contribution is 2.30. The Morgan fingerprint density at radius 1 is 1.00 bits per heavy atom. The van der Waals surface area contributed by atoms with Crippen LogP contribution in [0.15, 0.2) is 9.95 Å². The number of ether oxygens (including phenoxy) is 5. The number of hydrogen-bond acceptors (Lipinski definition) is 14. The average Bonchev–Trinajstić information content (AvgIpc) is 2.78. The highest BCUT2D eigenvalue weighted by atomic mass is 32.2. The molecular weight excluding hydrogens is 502 g/mol. The van der Waals surface area contributed by atoms with Gasteiger partial charge in [-0.3, -0.25) is 33.3 Å². The maximum atomic E-state index is 12.7. The van der Waals surface area contributed by atoms with E-state index in [2.05, 4.69) is 10.3 Å². The van der Waals surface area contributed by atoms with E-state index in [1.54, 1.807) is 6.26 Å². The second-order valence-corrected chi connectivity index (χ2v) is 8.38. The molecule has 0 spiro atoms. The lowest BCUT2D eigenvalue weighted by atomic mass is 9.97. The molecule has 0 bridgehead atoms. The minimum absolute atomic E-state index is 0.196. The van der Waals surface area contributed by atoms with E-state index in [4.69, 9.17) is 23.7 Å². The second kappa shape index (κ2) is 12.5. The first-order valence-electron chi connectivity index (χ1n) is 10.6. The summed E-state index contributed by atoms with van der Waals surface area (Å²) in [4.78, 5) is 75.7. The molecule has 1 saturated heterocycles. The number of rotatable bonds is 9. The molecule has 0 amide bonds. The normalized spacial score (nSPS) is 23.2. The zero-order valence-electron chi connectivity index (χ0n) is 20.5. The first kappa shape index (κ1) is 28.8. The van der Waals surface area contributed by atoms with Crippen molar-refractivity contribution in [3.05, 3.63) is 15.9 Å². The molecule has 1 fully saturated rings. The number of carbonyl (C=O) groups is 5. The molecule has 14 nitrogen and oxygen atoms in total. The number of aldehydes is 1. The van der Waals surface area contributed by atoms with Gasteiger partial charge in [0, 0.05) is 34.7 Å². The van der Waals surface area contributed by atoms with E-state index in [1.165, 1.54) is 11.6 Å². The molecule has 1 aromatic heterocycles. The molecule has 1 aliphatic rings. The third-order valence-corrected chi connectivity index (χ3v) is 5.59. The van der Waals surface area contributed by atoms with Crippen LogP contribution in [0.2, 0.25) is 0 Å². The number of thioether (sulfide) groups is 1. The van der Waals surface area contributed by atoms with Gasteiger partial charge in [0.15, 0.2) is 36.0 Å². The van der Waals surface area contributed by atoms with Gasteiger partial charge in [0.2, 0.25) is 0 Å². The summed E-state index contributed by atoms with van der Waals surface area (Å²) >= 11 is 1.13. The fraction of sp³-hybridized carbons (Fsp3) is 0.571. The van der Waals surface area contributed by atoms with Crippen LogP contribution >= 0.6 is 11.8 Å². The van der Waals surface area contributed by atoms with Gasteiger partial charge in [-0.25, -0.2) is 4.98 Å². The Balaban J connectivity index is 2.62. The zero-order chi connectivity index (χ0) is 27.2. The fourth-order valence-corrected chi connectivity index (χ4v) is 4.02. The maximum absolute atomic E-state index is 12.7. The van der Waals surface area contributed by atoms with E-state index in [-0.39, 0.29) is 16.5 Å². The van der Waals surface area contributed by atoms with Crippen molar-refractivity contribution < 1.29 is 47.7 Å². The van der Waals surface area contributed by atoms with Crippen molar-refractivity contribution in [2.24, 2.45) is 7.05 Å². The summed E-state index contributed by atoms with van der Waals surface area (Å²) in [6, 6.07) is 0. The van der Waals surface area contributed by atoms with Crippen molar-refractivity contribution in [2.75, 3.05) is 18.2 Å². The quantitative estimate of drug-likeness (QED) is 0.146. The molecule has 1 aromatic rings. The van der Waals surface area contributed by atoms with E-state index in [1.807, 2.05) is 0 Å². The van der Waals surface area contributed by atoms with Crippen LogP contribution in [0.1, 0.15) is 38.1 Å². The summed E-state index contributed by atoms with van der Waals surface area (Å²) in [5.74, 6) is -3.24. The largest absolute Gasteiger partial charge is 0.463 e. The molecule has 2 rings (SSSR count). The van der Waals surface area contributed by atoms with Crippen molar-refractivity contribution in [3.8, 4) is 0 Å². The molecule has 0 unspecified atom stereocenters. The van der Waals surface area contributed by atoms with Gasteiger partial charge in [-0.05, 0) is 6.26 Å². The Bertz CT molecular complexity index is 1090. The van der Waals surface area contributed by atoms with Crippen molar-refractivity contribution in [1.82, 2.24) is 9.55 Å². The van der Waals surface area contributed by atoms with Gasteiger partial charge in [-0.1, -0.05) is 11.8 Å². The standard InChI is InChI=1S/C21H27N3O11S/c1-9(26)31-8-14-15(32-10(2)27)16(33-11(3)28)17(34-12(4)29)19(35-14)22-18-13(7-25)20(30)24(5)21(23-18)36-6/h7,14-17,19,22H,8H2,1-6H3/t14-,15-,16+,17-,19-/m1/s1. The number of nitrogens with zero attached hydrogens (tertiary/aromatic N) is 2. The SMILES string of the molecule is CSc1nc(N[C@@H]2O[C@H](COC(C)=O)[C@@H](OC(C)=O)[C@H](OC(C)=O)[C@H]2OC(C)=O)c(C=O)c(=O)n1C. The van der Waals surface area contributed by atoms with E-state index in [0.29, 0.717) is 6.29 Å². The zero-order valence-corrected chi connectivity index (χ0v) is 21.3. The van der Waals surface area contributed by atoms with Crippen LogP contribution in [0.5, 0.6) is 0 Å². The van der Waals surface area contributed by atoms with Gasteiger partial charge in [0.1, 0.15) is 24.1 Å². The van der Waals surface area contributed by atoms with E-state index < -0.39 is 66.7 Å². The summed E-state index contributed by atoms with van der Waals surface area (Å²) in [6.45, 7) is 3.99. The van der Waals surface area contributed by atoms with Gasteiger partial charge in [0.05, 0.1) is 0 Å². The summed E-state index contributed by atoms with van der Waals surface area (Å²) in [5, 5.41) is 3.00. The summed E-state index contributed by atoms with van der Waals surface area (Å²) in [5.41, 5.74) is -0.999. The van der Waals surface area contributed by atoms with Crippen LogP contribution in [0.4, 0.5) is 5.82 Å². The molecule has 36 heavy (non-hydrogen) atoms. The molecule has 0 saturated carbocycles. The van der Waals surface area contributed by atoms with E-state index in [0.717, 1.165) is 39.5 Å². The third-order valence-electron chi connectivity index (χ3n) is 4.85. The molecule has 15 heteroatoms. The molecule has 1 N–H and O–H groups in total. The van der Waals surface area contributed by atoms with Crippen molar-refractivity contribution in [1.29, 1.82) is 0 Å². The number of carbonyl (C=O) groups excluding carboxylic acids is 5. The average molecular weight is 530 g/mol. The highest BCUT2D eigenvalue weighted by molar-refractivity contribution is 7.98. The lowest BCUT2D eigenvalue weighted by Crippen LogP contribution is -2.64. The minimum Gasteiger partial charge on any atom is -0.463 e. The molecule has 198 valence electrons. The van der Waals surface area contributed by atoms with Crippen LogP contribution in [-0.4, -0.2) is 83.2 Å². The van der Waals surface area contributed by atoms with Gasteiger partial charge in [0.25, 0.3) is 5.56 Å². The topological polar surface area (TPSA) is 178 Å². The first-order valence-corrected chi connectivity index (χ1v) is 11.8. The van der Waals surface area contributed by atoms with Gasteiger partial charge in [-0.2, -0.15) is 0 Å². The number of hydrogen-bond donors (Lipinski definition) is 1. The van der Waals surface area contributed by atoms with E-state index in [9.17, 15) is 28.8 Å². The summed E-state index contributed by atoms with van der Waals surface area (Å²) in [7, 11) is 1.44. The molecule has 1 aliphatic heterocycles. The third kappa shape index (κ3) is 7.04. The van der Waals surface area contributed by atoms with Crippen molar-refractivity contribution in [3.63, 3.8) is 0 Å². The maximum Gasteiger partial charge on any atom is 0.303 e. The predicted molar refractivity (Wildman–Crippen MR) is 122 cm³/mol. The molecule has 0 radical (unpaired) electrons. The predicted octanol–water partition coefficient (Wildman–Crippen LogP) is -0.190. The monoisotopic (exact) mass is 529 g/mol. The second-order valence-electron chi connectivity index (χ2n) is 7.61. The Morgan fingerprint density at radius 2 is 1.56 bits per heavy atom. The fourth-order valence-electron chi connectivity index (χ4n) is 3.48. The number of esters is 4. The Hall–Kier alpha value is -3.46. The van der Waals surface area contributed by atoms with Crippen molar-refractivity contribution >= 4 is 47.7 Å². The first-order chi connectivity index (χ1) is 16.9. The van der Waals surface area contributed by atoms with Crippen LogP contribution in [0.25, 0.3) is 0 Å². The minimum atomic E-state index is -1.44. The van der Waals surface area contributed by atoms with E-state index >= 15 is 0 Å². The number of nitrogens with one attached hydrogen (secondary N) is 1. The Morgan fingerprint density at radius 3 is 2.06 bits per heavy atom. The van der Waals surface area contributed by atoms with Gasteiger partial charge >= 0.3 is 23.9 Å². The van der Waals surface area contributed by atoms with Crippen molar-refractivity contribution in [2.45, 2.75) is 63.5 Å². The summed E-state index contributed by atoms with van der Waals surface area (Å²) < 4.78 is 28.1. The van der Waals surface area contributed by atoms with Crippen LogP contribution in [0.3, 0.4) is 0 Å². The lowest BCUT2D eigenvalue weighted by Gasteiger charge is -2.44. The number of aromatic nitrogens is 2. The highest BCUT2D eigenvalue weighted by Gasteiger charge is 2.52. The molecule has 2 heterocycles. The molecular formula is C21H27N3O11S. The Kier molecular flexibility index (Phi) is 9.98. The molecule has 0 aliphatic carbocycles. The molecule has 5 atom stereocenters. The lowest BCUT2D eigenvalue weighted by molar-refractivity contribution is -0.247. The van der Waals surface area contributed by atoms with Crippen LogP contribution in [0, 0.1) is 0 Å².